The van der Waals surface area contributed by atoms with Gasteiger partial charge in [0, 0.05) is 6.42 Å². The van der Waals surface area contributed by atoms with Crippen molar-refractivity contribution in [3.05, 3.63) is 0 Å². The molecule has 0 radical (unpaired) electrons. The van der Waals surface area contributed by atoms with Crippen molar-refractivity contribution in [3.8, 4) is 0 Å². The zero-order valence-electron chi connectivity index (χ0n) is 11.9. The number of carbonyl (C=O) groups is 1. The van der Waals surface area contributed by atoms with Gasteiger partial charge >= 0.3 is 45.6 Å². The Morgan fingerprint density at radius 1 is 1.05 bits per heavy atom. The SMILES string of the molecule is CCCCCCCCCC(=O)OC(CC)S(=O)(=O)O.[NaH]. The van der Waals surface area contributed by atoms with Gasteiger partial charge in [0.15, 0.2) is 0 Å². The van der Waals surface area contributed by atoms with Gasteiger partial charge in [0.05, 0.1) is 0 Å². The molecule has 1 N–H and O–H groups in total. The average molecular weight is 318 g/mol. The molecule has 0 aromatic heterocycles. The molecule has 0 saturated heterocycles. The zero-order valence-corrected chi connectivity index (χ0v) is 12.7. The van der Waals surface area contributed by atoms with Crippen LogP contribution in [-0.4, -0.2) is 53.9 Å². The number of hydrogen-bond acceptors (Lipinski definition) is 4. The van der Waals surface area contributed by atoms with Gasteiger partial charge in [-0.1, -0.05) is 52.4 Å². The van der Waals surface area contributed by atoms with Crippen molar-refractivity contribution >= 4 is 45.6 Å². The van der Waals surface area contributed by atoms with Gasteiger partial charge in [0.1, 0.15) is 0 Å². The normalized spacial score (nSPS) is 12.6. The van der Waals surface area contributed by atoms with Crippen LogP contribution in [0.15, 0.2) is 0 Å². The number of hydrogen-bond donors (Lipinski definition) is 1. The van der Waals surface area contributed by atoms with Gasteiger partial charge in [-0.2, -0.15) is 8.42 Å². The summed E-state index contributed by atoms with van der Waals surface area (Å²) in [7, 11) is -4.30. The molecule has 1 atom stereocenters. The third kappa shape index (κ3) is 12.1. The van der Waals surface area contributed by atoms with E-state index in [1.807, 2.05) is 0 Å². The molecular weight excluding hydrogens is 291 g/mol. The first-order chi connectivity index (χ1) is 8.91. The number of ether oxygens (including phenoxy) is 1. The molecular formula is C13H27NaO5S. The van der Waals surface area contributed by atoms with Gasteiger partial charge < -0.3 is 4.74 Å². The van der Waals surface area contributed by atoms with E-state index in [1.54, 1.807) is 6.92 Å². The standard InChI is InChI=1S/C13H26O5S.Na.H/c1-3-5-6-7-8-9-10-11-12(14)18-13(4-2)19(15,16)17;;/h13H,3-11H2,1-2H3,(H,15,16,17);;. The Hall–Kier alpha value is 0.380. The third-order valence-electron chi connectivity index (χ3n) is 2.91. The molecule has 0 amide bonds. The van der Waals surface area contributed by atoms with Crippen molar-refractivity contribution in [3.63, 3.8) is 0 Å². The summed E-state index contributed by atoms with van der Waals surface area (Å²) in [6, 6.07) is 0. The predicted octanol–water partition coefficient (Wildman–Crippen LogP) is 2.65. The quantitative estimate of drug-likeness (QED) is 0.274. The fourth-order valence-corrected chi connectivity index (χ4v) is 2.44. The zero-order chi connectivity index (χ0) is 14.7. The van der Waals surface area contributed by atoms with Crippen molar-refractivity contribution in [2.24, 2.45) is 0 Å². The molecule has 0 rings (SSSR count). The Kier molecular flexibility index (Phi) is 14.8. The van der Waals surface area contributed by atoms with E-state index in [0.29, 0.717) is 6.42 Å². The van der Waals surface area contributed by atoms with Crippen LogP contribution in [0.25, 0.3) is 0 Å². The first kappa shape index (κ1) is 22.7. The topological polar surface area (TPSA) is 80.7 Å². The van der Waals surface area contributed by atoms with Gasteiger partial charge in [0.2, 0.25) is 5.44 Å². The van der Waals surface area contributed by atoms with E-state index in [1.165, 1.54) is 25.7 Å². The number of carbonyl (C=O) groups excluding carboxylic acids is 1. The van der Waals surface area contributed by atoms with Gasteiger partial charge in [-0.3, -0.25) is 9.35 Å². The monoisotopic (exact) mass is 318 g/mol. The predicted molar refractivity (Wildman–Crippen MR) is 81.5 cm³/mol. The molecule has 0 aliphatic rings. The van der Waals surface area contributed by atoms with Gasteiger partial charge in [-0.05, 0) is 12.8 Å². The van der Waals surface area contributed by atoms with Crippen LogP contribution in [0.5, 0.6) is 0 Å². The molecule has 7 heteroatoms. The van der Waals surface area contributed by atoms with E-state index in [2.05, 4.69) is 6.92 Å². The maximum absolute atomic E-state index is 11.4. The first-order valence-corrected chi connectivity index (χ1v) is 8.57. The summed E-state index contributed by atoms with van der Waals surface area (Å²) < 4.78 is 35.3. The molecule has 0 aromatic rings. The van der Waals surface area contributed by atoms with Crippen LogP contribution in [0.3, 0.4) is 0 Å². The fraction of sp³-hybridized carbons (Fsp3) is 0.923. The second-order valence-corrected chi connectivity index (χ2v) is 6.27. The Labute approximate surface area is 144 Å². The number of unbranched alkanes of at least 4 members (excludes halogenated alkanes) is 6. The minimum atomic E-state index is -4.30. The van der Waals surface area contributed by atoms with Crippen molar-refractivity contribution in [1.82, 2.24) is 0 Å². The Balaban J connectivity index is 0. The molecule has 0 spiro atoms. The molecule has 0 bridgehead atoms. The van der Waals surface area contributed by atoms with Crippen LogP contribution in [0.4, 0.5) is 0 Å². The van der Waals surface area contributed by atoms with E-state index < -0.39 is 21.5 Å². The van der Waals surface area contributed by atoms with Crippen molar-refractivity contribution in [1.29, 1.82) is 0 Å². The molecule has 1 unspecified atom stereocenters. The van der Waals surface area contributed by atoms with Crippen molar-refractivity contribution in [2.45, 2.75) is 77.1 Å². The summed E-state index contributed by atoms with van der Waals surface area (Å²) in [6.07, 6.45) is 7.85. The second kappa shape index (κ2) is 13.1. The molecule has 5 nitrogen and oxygen atoms in total. The van der Waals surface area contributed by atoms with E-state index in [-0.39, 0.29) is 42.4 Å². The van der Waals surface area contributed by atoms with Gasteiger partial charge in [-0.15, -0.1) is 0 Å². The summed E-state index contributed by atoms with van der Waals surface area (Å²) in [5, 5.41) is 0. The maximum atomic E-state index is 11.4. The Morgan fingerprint density at radius 3 is 2.00 bits per heavy atom. The summed E-state index contributed by atoms with van der Waals surface area (Å²) in [5.74, 6) is -0.557. The molecule has 0 aliphatic heterocycles. The number of rotatable bonds is 11. The van der Waals surface area contributed by atoms with Crippen LogP contribution in [0.2, 0.25) is 0 Å². The summed E-state index contributed by atoms with van der Waals surface area (Å²) in [4.78, 5) is 11.4. The van der Waals surface area contributed by atoms with Gasteiger partial charge in [0.25, 0.3) is 0 Å². The van der Waals surface area contributed by atoms with E-state index in [9.17, 15) is 13.2 Å². The van der Waals surface area contributed by atoms with Crippen molar-refractivity contribution < 1.29 is 22.5 Å². The summed E-state index contributed by atoms with van der Waals surface area (Å²) in [6.45, 7) is 3.70. The van der Waals surface area contributed by atoms with Crippen LogP contribution in [-0.2, 0) is 19.6 Å². The van der Waals surface area contributed by atoms with Crippen LogP contribution >= 0.6 is 0 Å². The Bertz CT molecular complexity index is 343. The molecule has 0 saturated carbocycles. The average Bonchev–Trinajstić information content (AvgIpc) is 2.33. The molecule has 0 heterocycles. The fourth-order valence-electron chi connectivity index (χ4n) is 1.79. The van der Waals surface area contributed by atoms with Crippen LogP contribution in [0.1, 0.15) is 71.6 Å². The van der Waals surface area contributed by atoms with E-state index >= 15 is 0 Å². The summed E-state index contributed by atoms with van der Waals surface area (Å²) in [5.41, 5.74) is -1.43. The summed E-state index contributed by atoms with van der Waals surface area (Å²) >= 11 is 0. The number of esters is 1. The third-order valence-corrected chi connectivity index (χ3v) is 4.01. The van der Waals surface area contributed by atoms with E-state index in [4.69, 9.17) is 9.29 Å². The molecule has 0 aromatic carbocycles. The molecule has 116 valence electrons. The first-order valence-electron chi connectivity index (χ1n) is 7.07. The molecule has 0 aliphatic carbocycles. The molecule has 0 fully saturated rings. The molecule has 20 heavy (non-hydrogen) atoms. The Morgan fingerprint density at radius 2 is 1.55 bits per heavy atom. The van der Waals surface area contributed by atoms with Gasteiger partial charge in [-0.25, -0.2) is 0 Å². The minimum absolute atomic E-state index is 0. The van der Waals surface area contributed by atoms with E-state index in [0.717, 1.165) is 12.8 Å². The second-order valence-electron chi connectivity index (χ2n) is 4.71. The van der Waals surface area contributed by atoms with Crippen LogP contribution < -0.4 is 0 Å². The van der Waals surface area contributed by atoms with Crippen molar-refractivity contribution in [2.75, 3.05) is 0 Å². The van der Waals surface area contributed by atoms with Crippen LogP contribution in [0, 0.1) is 0 Å².